The highest BCUT2D eigenvalue weighted by molar-refractivity contribution is 7.91. The molecule has 0 N–H and O–H groups in total. The summed E-state index contributed by atoms with van der Waals surface area (Å²) in [6.07, 6.45) is 4.78. The number of ether oxygens (including phenoxy) is 2. The number of nitrogens with zero attached hydrogens (tertiary/aromatic N) is 1. The zero-order valence-corrected chi connectivity index (χ0v) is 15.6. The van der Waals surface area contributed by atoms with Crippen LogP contribution in [0.4, 0.5) is 8.78 Å². The summed E-state index contributed by atoms with van der Waals surface area (Å²) in [5.74, 6) is -0.293. The van der Waals surface area contributed by atoms with Crippen molar-refractivity contribution in [3.05, 3.63) is 29.8 Å². The van der Waals surface area contributed by atoms with Crippen LogP contribution < -0.4 is 9.47 Å². The lowest BCUT2D eigenvalue weighted by Crippen LogP contribution is -2.41. The van der Waals surface area contributed by atoms with Gasteiger partial charge in [0.2, 0.25) is 5.91 Å². The first kappa shape index (κ1) is 19.6. The summed E-state index contributed by atoms with van der Waals surface area (Å²) in [6.45, 7) is -3.03. The Morgan fingerprint density at radius 3 is 2.56 bits per heavy atom. The van der Waals surface area contributed by atoms with Gasteiger partial charge in [0.15, 0.2) is 21.3 Å². The van der Waals surface area contributed by atoms with Crippen molar-refractivity contribution >= 4 is 21.8 Å². The highest BCUT2D eigenvalue weighted by atomic mass is 32.2. The third kappa shape index (κ3) is 4.77. The van der Waals surface area contributed by atoms with Gasteiger partial charge in [-0.1, -0.05) is 12.1 Å². The second kappa shape index (κ2) is 7.84. The molecule has 1 amide bonds. The van der Waals surface area contributed by atoms with Crippen LogP contribution in [0.15, 0.2) is 24.3 Å². The molecule has 6 nitrogen and oxygen atoms in total. The molecule has 1 aromatic rings. The van der Waals surface area contributed by atoms with E-state index in [2.05, 4.69) is 4.74 Å². The first-order valence-corrected chi connectivity index (χ1v) is 10.5. The molecule has 1 saturated carbocycles. The second-order valence-corrected chi connectivity index (χ2v) is 8.85. The Morgan fingerprint density at radius 1 is 1.26 bits per heavy atom. The van der Waals surface area contributed by atoms with E-state index in [9.17, 15) is 22.0 Å². The highest BCUT2D eigenvalue weighted by Crippen LogP contribution is 2.35. The van der Waals surface area contributed by atoms with Gasteiger partial charge in [0.25, 0.3) is 0 Å². The quantitative estimate of drug-likeness (QED) is 0.657. The first-order valence-electron chi connectivity index (χ1n) is 8.63. The number of carbonyl (C=O) groups excluding carboxylic acids is 1. The fourth-order valence-corrected chi connectivity index (χ4v) is 5.00. The van der Waals surface area contributed by atoms with Crippen LogP contribution in [-0.2, 0) is 14.6 Å². The minimum atomic E-state index is -3.11. The number of para-hydroxylation sites is 1. The summed E-state index contributed by atoms with van der Waals surface area (Å²) in [4.78, 5) is 14.3. The van der Waals surface area contributed by atoms with Crippen LogP contribution in [0.25, 0.3) is 6.08 Å². The van der Waals surface area contributed by atoms with E-state index in [4.69, 9.17) is 4.74 Å². The Balaban J connectivity index is 1.81. The summed E-state index contributed by atoms with van der Waals surface area (Å²) in [5.41, 5.74) is 0.276. The lowest BCUT2D eigenvalue weighted by molar-refractivity contribution is -0.128. The Hall–Kier alpha value is -2.16. The van der Waals surface area contributed by atoms with Crippen LogP contribution in [-0.4, -0.2) is 56.5 Å². The van der Waals surface area contributed by atoms with Gasteiger partial charge in [-0.05, 0) is 31.4 Å². The molecule has 1 heterocycles. The second-order valence-electron chi connectivity index (χ2n) is 6.62. The van der Waals surface area contributed by atoms with Crippen molar-refractivity contribution in [3.63, 3.8) is 0 Å². The van der Waals surface area contributed by atoms with Crippen molar-refractivity contribution in [2.75, 3.05) is 18.6 Å². The largest absolute Gasteiger partial charge is 0.493 e. The van der Waals surface area contributed by atoms with Crippen LogP contribution in [0, 0.1) is 0 Å². The van der Waals surface area contributed by atoms with Crippen LogP contribution in [0.3, 0.4) is 0 Å². The van der Waals surface area contributed by atoms with Gasteiger partial charge in [-0.15, -0.1) is 0 Å². The number of sulfone groups is 1. The number of rotatable bonds is 7. The predicted octanol–water partition coefficient (Wildman–Crippen LogP) is 2.49. The molecule has 2 fully saturated rings. The lowest BCUT2D eigenvalue weighted by atomic mass is 10.1. The minimum Gasteiger partial charge on any atom is -0.493 e. The van der Waals surface area contributed by atoms with Crippen LogP contribution in [0.1, 0.15) is 24.8 Å². The Morgan fingerprint density at radius 2 is 2.00 bits per heavy atom. The maximum atomic E-state index is 12.7. The van der Waals surface area contributed by atoms with E-state index >= 15 is 0 Å². The summed E-state index contributed by atoms with van der Waals surface area (Å²) < 4.78 is 58.5. The fourth-order valence-electron chi connectivity index (χ4n) is 3.29. The molecular formula is C18H21F2NO5S. The van der Waals surface area contributed by atoms with E-state index in [1.54, 1.807) is 11.0 Å². The molecule has 9 heteroatoms. The Bertz CT molecular complexity index is 836. The van der Waals surface area contributed by atoms with Gasteiger partial charge in [0, 0.05) is 23.7 Å². The van der Waals surface area contributed by atoms with Gasteiger partial charge in [0.1, 0.15) is 0 Å². The molecule has 1 aromatic carbocycles. The normalized spacial score (nSPS) is 21.6. The van der Waals surface area contributed by atoms with Crippen LogP contribution >= 0.6 is 0 Å². The number of carbonyl (C=O) groups is 1. The summed E-state index contributed by atoms with van der Waals surface area (Å²) in [7, 11) is -1.78. The summed E-state index contributed by atoms with van der Waals surface area (Å²) in [6, 6.07) is 4.33. The lowest BCUT2D eigenvalue weighted by Gasteiger charge is -2.27. The van der Waals surface area contributed by atoms with E-state index in [-0.39, 0.29) is 46.6 Å². The number of hydrogen-bond donors (Lipinski definition) is 0. The maximum Gasteiger partial charge on any atom is 0.387 e. The van der Waals surface area contributed by atoms with Crippen molar-refractivity contribution in [1.82, 2.24) is 4.90 Å². The third-order valence-corrected chi connectivity index (χ3v) is 6.39. The molecule has 1 atom stereocenters. The molecule has 0 spiro atoms. The molecule has 0 aromatic heterocycles. The van der Waals surface area contributed by atoms with Gasteiger partial charge >= 0.3 is 6.61 Å². The van der Waals surface area contributed by atoms with E-state index < -0.39 is 16.4 Å². The molecule has 2 aliphatic rings. The van der Waals surface area contributed by atoms with Gasteiger partial charge in [-0.3, -0.25) is 4.79 Å². The number of amides is 1. The highest BCUT2D eigenvalue weighted by Gasteiger charge is 2.41. The molecule has 27 heavy (non-hydrogen) atoms. The number of halogens is 2. The predicted molar refractivity (Wildman–Crippen MR) is 95.6 cm³/mol. The van der Waals surface area contributed by atoms with Gasteiger partial charge in [0.05, 0.1) is 18.6 Å². The van der Waals surface area contributed by atoms with E-state index in [1.165, 1.54) is 31.4 Å². The van der Waals surface area contributed by atoms with Gasteiger partial charge in [-0.25, -0.2) is 8.42 Å². The zero-order valence-electron chi connectivity index (χ0n) is 14.8. The fraction of sp³-hybridized carbons (Fsp3) is 0.500. The van der Waals surface area contributed by atoms with E-state index in [0.717, 1.165) is 12.8 Å². The smallest absolute Gasteiger partial charge is 0.387 e. The molecular weight excluding hydrogens is 380 g/mol. The third-order valence-electron chi connectivity index (χ3n) is 4.64. The first-order chi connectivity index (χ1) is 12.8. The molecule has 0 radical (unpaired) electrons. The number of benzene rings is 1. The molecule has 1 aliphatic carbocycles. The average Bonchev–Trinajstić information content (AvgIpc) is 3.36. The molecule has 1 unspecified atom stereocenters. The topological polar surface area (TPSA) is 72.9 Å². The molecule has 1 saturated heterocycles. The Kier molecular flexibility index (Phi) is 5.69. The van der Waals surface area contributed by atoms with E-state index in [1.807, 2.05) is 0 Å². The molecule has 3 rings (SSSR count). The standard InChI is InChI=1S/C18H21F2NO5S/c1-25-15-4-2-3-12(17(15)26-18(19)20)5-8-16(22)21(13-6-7-13)14-9-10-27(23,24)11-14/h2-5,8,13-14,18H,6-7,9-11H2,1H3/b8-5+. The number of methoxy groups -OCH3 is 1. The molecule has 1 aliphatic heterocycles. The zero-order chi connectivity index (χ0) is 19.6. The average molecular weight is 401 g/mol. The van der Waals surface area contributed by atoms with Gasteiger partial charge in [-0.2, -0.15) is 8.78 Å². The van der Waals surface area contributed by atoms with Crippen LogP contribution in [0.5, 0.6) is 11.5 Å². The Labute approximate surface area is 156 Å². The SMILES string of the molecule is COc1cccc(/C=C/C(=O)N(C2CC2)C2CCS(=O)(=O)C2)c1OC(F)F. The number of alkyl halides is 2. The monoisotopic (exact) mass is 401 g/mol. The van der Waals surface area contributed by atoms with Crippen molar-refractivity contribution in [3.8, 4) is 11.5 Å². The maximum absolute atomic E-state index is 12.7. The van der Waals surface area contributed by atoms with E-state index in [0.29, 0.717) is 6.42 Å². The summed E-state index contributed by atoms with van der Waals surface area (Å²) in [5, 5.41) is 0. The summed E-state index contributed by atoms with van der Waals surface area (Å²) >= 11 is 0. The van der Waals surface area contributed by atoms with Crippen molar-refractivity contribution in [2.45, 2.75) is 38.0 Å². The minimum absolute atomic E-state index is 0.0258. The van der Waals surface area contributed by atoms with Crippen molar-refractivity contribution in [1.29, 1.82) is 0 Å². The van der Waals surface area contributed by atoms with Gasteiger partial charge < -0.3 is 14.4 Å². The molecule has 0 bridgehead atoms. The van der Waals surface area contributed by atoms with Crippen molar-refractivity contribution < 1.29 is 31.5 Å². The molecule has 148 valence electrons. The number of hydrogen-bond acceptors (Lipinski definition) is 5. The van der Waals surface area contributed by atoms with Crippen LogP contribution in [0.2, 0.25) is 0 Å². The van der Waals surface area contributed by atoms with Crippen molar-refractivity contribution in [2.24, 2.45) is 0 Å².